The van der Waals surface area contributed by atoms with Crippen molar-refractivity contribution in [3.05, 3.63) is 52.2 Å². The van der Waals surface area contributed by atoms with Gasteiger partial charge in [0.2, 0.25) is 11.8 Å². The van der Waals surface area contributed by atoms with Gasteiger partial charge in [0, 0.05) is 30.6 Å². The lowest BCUT2D eigenvalue weighted by atomic mass is 9.86. The molecule has 2 unspecified atom stereocenters. The average molecular weight is 356 g/mol. The van der Waals surface area contributed by atoms with Crippen molar-refractivity contribution in [2.45, 2.75) is 32.7 Å². The Morgan fingerprint density at radius 1 is 1.28 bits per heavy atom. The molecular weight excluding hydrogens is 332 g/mol. The highest BCUT2D eigenvalue weighted by Crippen LogP contribution is 2.42. The molecule has 0 bridgehead atoms. The summed E-state index contributed by atoms with van der Waals surface area (Å²) >= 11 is 1.61. The number of amides is 2. The van der Waals surface area contributed by atoms with E-state index in [9.17, 15) is 9.59 Å². The number of hydrogen-bond donors (Lipinski definition) is 0. The normalized spacial score (nSPS) is 20.6. The van der Waals surface area contributed by atoms with Crippen molar-refractivity contribution in [1.82, 2.24) is 4.90 Å². The summed E-state index contributed by atoms with van der Waals surface area (Å²) in [6, 6.07) is 11.8. The van der Waals surface area contributed by atoms with Gasteiger partial charge in [0.1, 0.15) is 0 Å². The predicted octanol–water partition coefficient (Wildman–Crippen LogP) is 4.02. The van der Waals surface area contributed by atoms with Gasteiger partial charge in [-0.25, -0.2) is 0 Å². The number of hydrogen-bond acceptors (Lipinski definition) is 3. The first-order valence-electron chi connectivity index (χ1n) is 8.70. The maximum atomic E-state index is 13.0. The number of aryl methyl sites for hydroxylation is 1. The zero-order valence-corrected chi connectivity index (χ0v) is 15.8. The molecule has 3 rings (SSSR count). The molecule has 2 amide bonds. The van der Waals surface area contributed by atoms with Crippen LogP contribution in [-0.2, 0) is 9.59 Å². The summed E-state index contributed by atoms with van der Waals surface area (Å²) < 4.78 is 0. The fraction of sp³-hybridized carbons (Fsp3) is 0.400. The molecule has 1 fully saturated rings. The van der Waals surface area contributed by atoms with E-state index in [4.69, 9.17) is 0 Å². The molecule has 132 valence electrons. The highest BCUT2D eigenvalue weighted by molar-refractivity contribution is 7.10. The largest absolute Gasteiger partial charge is 0.346 e. The molecule has 1 aromatic heterocycles. The maximum Gasteiger partial charge on any atom is 0.227 e. The zero-order valence-electron chi connectivity index (χ0n) is 14.9. The van der Waals surface area contributed by atoms with Crippen LogP contribution >= 0.6 is 11.3 Å². The summed E-state index contributed by atoms with van der Waals surface area (Å²) in [4.78, 5) is 30.4. The second-order valence-electron chi connectivity index (χ2n) is 6.56. The number of anilines is 1. The minimum Gasteiger partial charge on any atom is -0.346 e. The van der Waals surface area contributed by atoms with Crippen LogP contribution in [0.3, 0.4) is 0 Å². The van der Waals surface area contributed by atoms with E-state index < -0.39 is 0 Å². The molecular formula is C20H24N2O2S. The Kier molecular flexibility index (Phi) is 5.23. The number of nitrogens with zero attached hydrogens (tertiary/aromatic N) is 2. The van der Waals surface area contributed by atoms with E-state index in [-0.39, 0.29) is 23.8 Å². The van der Waals surface area contributed by atoms with Gasteiger partial charge in [0.25, 0.3) is 0 Å². The molecule has 0 N–H and O–H groups in total. The molecule has 4 nitrogen and oxygen atoms in total. The zero-order chi connectivity index (χ0) is 18.0. The van der Waals surface area contributed by atoms with Crippen molar-refractivity contribution in [3.8, 4) is 0 Å². The topological polar surface area (TPSA) is 40.6 Å². The molecule has 1 aliphatic heterocycles. The van der Waals surface area contributed by atoms with Gasteiger partial charge in [0.15, 0.2) is 0 Å². The molecule has 2 aromatic rings. The highest BCUT2D eigenvalue weighted by Gasteiger charge is 2.42. The van der Waals surface area contributed by atoms with Crippen LogP contribution in [0.2, 0.25) is 0 Å². The number of rotatable bonds is 4. The number of carbonyl (C=O) groups is 2. The van der Waals surface area contributed by atoms with Gasteiger partial charge in [-0.1, -0.05) is 23.8 Å². The number of carbonyl (C=O) groups excluding carboxylic acids is 2. The highest BCUT2D eigenvalue weighted by atomic mass is 32.1. The van der Waals surface area contributed by atoms with Crippen LogP contribution in [0.4, 0.5) is 5.69 Å². The van der Waals surface area contributed by atoms with Crippen LogP contribution in [0.5, 0.6) is 0 Å². The molecule has 1 aliphatic rings. The Labute approximate surface area is 153 Å². The molecule has 2 heterocycles. The van der Waals surface area contributed by atoms with E-state index in [0.29, 0.717) is 19.4 Å². The van der Waals surface area contributed by atoms with Crippen molar-refractivity contribution in [2.24, 2.45) is 5.92 Å². The number of piperidine rings is 1. The molecule has 1 aromatic carbocycles. The van der Waals surface area contributed by atoms with Gasteiger partial charge in [0.05, 0.1) is 12.0 Å². The lowest BCUT2D eigenvalue weighted by Gasteiger charge is -2.41. The van der Waals surface area contributed by atoms with E-state index in [1.54, 1.807) is 16.2 Å². The molecule has 1 saturated heterocycles. The maximum absolute atomic E-state index is 13.0. The Bertz CT molecular complexity index is 740. The molecule has 0 saturated carbocycles. The van der Waals surface area contributed by atoms with Crippen molar-refractivity contribution >= 4 is 28.8 Å². The fourth-order valence-corrected chi connectivity index (χ4v) is 4.27. The van der Waals surface area contributed by atoms with E-state index in [1.165, 1.54) is 0 Å². The summed E-state index contributed by atoms with van der Waals surface area (Å²) in [6.45, 7) is 4.68. The molecule has 2 atom stereocenters. The standard InChI is InChI=1S/C20H24N2O2S/c1-4-21(3)20(24)16-11-12-18(23)22(15-9-7-14(2)8-10-15)19(16)17-6-5-13-25-17/h5-10,13,16,19H,4,11-12H2,1-3H3. The molecule has 0 radical (unpaired) electrons. The number of thiophene rings is 1. The van der Waals surface area contributed by atoms with Crippen LogP contribution < -0.4 is 4.90 Å². The molecule has 0 aliphatic carbocycles. The number of benzene rings is 1. The van der Waals surface area contributed by atoms with Crippen molar-refractivity contribution in [2.75, 3.05) is 18.5 Å². The second-order valence-corrected chi connectivity index (χ2v) is 7.54. The monoisotopic (exact) mass is 356 g/mol. The summed E-state index contributed by atoms with van der Waals surface area (Å²) in [7, 11) is 1.83. The third-order valence-electron chi connectivity index (χ3n) is 4.91. The van der Waals surface area contributed by atoms with Crippen LogP contribution in [0, 0.1) is 12.8 Å². The molecule has 5 heteroatoms. The van der Waals surface area contributed by atoms with Crippen molar-refractivity contribution < 1.29 is 9.59 Å². The lowest BCUT2D eigenvalue weighted by Crippen LogP contribution is -2.48. The van der Waals surface area contributed by atoms with Gasteiger partial charge in [-0.05, 0) is 43.8 Å². The first-order valence-corrected chi connectivity index (χ1v) is 9.58. The summed E-state index contributed by atoms with van der Waals surface area (Å²) in [5.41, 5.74) is 2.02. The summed E-state index contributed by atoms with van der Waals surface area (Å²) in [5, 5.41) is 2.01. The van der Waals surface area contributed by atoms with Gasteiger partial charge < -0.3 is 9.80 Å². The van der Waals surface area contributed by atoms with E-state index in [2.05, 4.69) is 0 Å². The van der Waals surface area contributed by atoms with Crippen molar-refractivity contribution in [3.63, 3.8) is 0 Å². The minimum absolute atomic E-state index is 0.0884. The van der Waals surface area contributed by atoms with Gasteiger partial charge in [-0.15, -0.1) is 11.3 Å². The Balaban J connectivity index is 2.05. The van der Waals surface area contributed by atoms with E-state index in [1.807, 2.05) is 67.6 Å². The van der Waals surface area contributed by atoms with Gasteiger partial charge in [-0.2, -0.15) is 0 Å². The molecule has 0 spiro atoms. The summed E-state index contributed by atoms with van der Waals surface area (Å²) in [5.74, 6) is -0.00132. The Morgan fingerprint density at radius 2 is 2.00 bits per heavy atom. The van der Waals surface area contributed by atoms with Crippen LogP contribution in [-0.4, -0.2) is 30.3 Å². The van der Waals surface area contributed by atoms with Crippen LogP contribution in [0.15, 0.2) is 41.8 Å². The van der Waals surface area contributed by atoms with Crippen molar-refractivity contribution in [1.29, 1.82) is 0 Å². The minimum atomic E-state index is -0.231. The predicted molar refractivity (Wildman–Crippen MR) is 102 cm³/mol. The SMILES string of the molecule is CCN(C)C(=O)C1CCC(=O)N(c2ccc(C)cc2)C1c1cccs1. The van der Waals surface area contributed by atoms with E-state index in [0.717, 1.165) is 16.1 Å². The third-order valence-corrected chi connectivity index (χ3v) is 5.85. The second kappa shape index (κ2) is 7.40. The Morgan fingerprint density at radius 3 is 2.60 bits per heavy atom. The molecule has 25 heavy (non-hydrogen) atoms. The van der Waals surface area contributed by atoms with Gasteiger partial charge in [-0.3, -0.25) is 9.59 Å². The van der Waals surface area contributed by atoms with Crippen LogP contribution in [0.25, 0.3) is 0 Å². The van der Waals surface area contributed by atoms with E-state index >= 15 is 0 Å². The Hall–Kier alpha value is -2.14. The first-order chi connectivity index (χ1) is 12.0. The summed E-state index contributed by atoms with van der Waals surface area (Å²) in [6.07, 6.45) is 1.01. The smallest absolute Gasteiger partial charge is 0.227 e. The lowest BCUT2D eigenvalue weighted by molar-refractivity contribution is -0.137. The van der Waals surface area contributed by atoms with Crippen LogP contribution in [0.1, 0.15) is 36.2 Å². The fourth-order valence-electron chi connectivity index (χ4n) is 3.38. The average Bonchev–Trinajstić information content (AvgIpc) is 3.15. The quantitative estimate of drug-likeness (QED) is 0.830. The van der Waals surface area contributed by atoms with Gasteiger partial charge >= 0.3 is 0 Å². The third kappa shape index (κ3) is 3.47. The first kappa shape index (κ1) is 17.7.